The molecule has 0 radical (unpaired) electrons. The maximum atomic E-state index is 13.1. The minimum Gasteiger partial charge on any atom is -0.494 e. The number of thiophene rings is 1. The summed E-state index contributed by atoms with van der Waals surface area (Å²) >= 11 is 7.48. The van der Waals surface area contributed by atoms with Gasteiger partial charge in [-0.25, -0.2) is 9.66 Å². The fraction of sp³-hybridized carbons (Fsp3) is 0.208. The number of aryl methyl sites for hydroxylation is 2. The Bertz CT molecular complexity index is 1330. The molecule has 2 heterocycles. The predicted octanol–water partition coefficient (Wildman–Crippen LogP) is 5.32. The van der Waals surface area contributed by atoms with E-state index in [1.807, 2.05) is 50.2 Å². The molecule has 6 nitrogen and oxygen atoms in total. The largest absolute Gasteiger partial charge is 0.494 e. The zero-order valence-electron chi connectivity index (χ0n) is 17.7. The van der Waals surface area contributed by atoms with Crippen LogP contribution in [0.2, 0.25) is 5.02 Å². The van der Waals surface area contributed by atoms with Crippen LogP contribution in [0.25, 0.3) is 21.3 Å². The van der Waals surface area contributed by atoms with Crippen molar-refractivity contribution in [2.24, 2.45) is 0 Å². The first kappa shape index (κ1) is 22.0. The summed E-state index contributed by atoms with van der Waals surface area (Å²) in [5.41, 5.74) is 5.09. The van der Waals surface area contributed by atoms with Crippen LogP contribution >= 0.6 is 22.9 Å². The lowest BCUT2D eigenvalue weighted by molar-refractivity contribution is -0.117. The second-order valence-electron chi connectivity index (χ2n) is 7.40. The molecule has 0 aliphatic rings. The smallest absolute Gasteiger partial charge is 0.281 e. The number of nitrogens with one attached hydrogen (secondary N) is 1. The molecule has 1 N–H and O–H groups in total. The zero-order chi connectivity index (χ0) is 22.7. The van der Waals surface area contributed by atoms with Crippen LogP contribution in [0.15, 0.2) is 59.7 Å². The molecule has 0 aliphatic heterocycles. The highest BCUT2D eigenvalue weighted by Gasteiger charge is 2.17. The van der Waals surface area contributed by atoms with Crippen molar-refractivity contribution in [3.05, 3.63) is 80.7 Å². The van der Waals surface area contributed by atoms with Crippen molar-refractivity contribution in [3.8, 4) is 16.9 Å². The van der Waals surface area contributed by atoms with E-state index in [9.17, 15) is 9.59 Å². The number of carbonyl (C=O) groups excluding carboxylic acids is 1. The molecule has 0 unspecified atom stereocenters. The molecule has 1 amide bonds. The van der Waals surface area contributed by atoms with E-state index in [2.05, 4.69) is 10.4 Å². The van der Waals surface area contributed by atoms with Crippen LogP contribution in [-0.4, -0.2) is 22.2 Å². The maximum Gasteiger partial charge on any atom is 0.281 e. The SMILES string of the molecule is Cc1cc(OCCCC(=O)Nn2cnc3sc(C)c(-c4ccccc4)c3c2=O)ccc1Cl. The van der Waals surface area contributed by atoms with E-state index in [4.69, 9.17) is 16.3 Å². The van der Waals surface area contributed by atoms with Gasteiger partial charge in [0, 0.05) is 21.9 Å². The van der Waals surface area contributed by atoms with Gasteiger partial charge in [0.15, 0.2) is 0 Å². The Morgan fingerprint density at radius 3 is 2.72 bits per heavy atom. The van der Waals surface area contributed by atoms with E-state index < -0.39 is 0 Å². The molecule has 4 rings (SSSR count). The van der Waals surface area contributed by atoms with Crippen molar-refractivity contribution in [2.75, 3.05) is 12.0 Å². The van der Waals surface area contributed by atoms with Crippen LogP contribution in [0.3, 0.4) is 0 Å². The van der Waals surface area contributed by atoms with Crippen molar-refractivity contribution < 1.29 is 9.53 Å². The highest BCUT2D eigenvalue weighted by atomic mass is 35.5. The van der Waals surface area contributed by atoms with Crippen molar-refractivity contribution in [1.29, 1.82) is 0 Å². The Morgan fingerprint density at radius 1 is 1.19 bits per heavy atom. The number of benzene rings is 2. The second-order valence-corrected chi connectivity index (χ2v) is 9.01. The third kappa shape index (κ3) is 4.69. The number of hydrogen-bond acceptors (Lipinski definition) is 5. The van der Waals surface area contributed by atoms with E-state index in [1.54, 1.807) is 12.1 Å². The van der Waals surface area contributed by atoms with Gasteiger partial charge in [0.25, 0.3) is 5.56 Å². The Balaban J connectivity index is 1.43. The molecule has 0 saturated heterocycles. The minimum absolute atomic E-state index is 0.214. The summed E-state index contributed by atoms with van der Waals surface area (Å²) in [6.45, 7) is 4.26. The fourth-order valence-electron chi connectivity index (χ4n) is 3.45. The van der Waals surface area contributed by atoms with Gasteiger partial charge in [0.2, 0.25) is 5.91 Å². The minimum atomic E-state index is -0.292. The van der Waals surface area contributed by atoms with Crippen LogP contribution in [0.1, 0.15) is 23.3 Å². The summed E-state index contributed by atoms with van der Waals surface area (Å²) < 4.78 is 6.83. The topological polar surface area (TPSA) is 73.2 Å². The van der Waals surface area contributed by atoms with E-state index in [-0.39, 0.29) is 17.9 Å². The van der Waals surface area contributed by atoms with Crippen LogP contribution in [0, 0.1) is 13.8 Å². The molecule has 8 heteroatoms. The van der Waals surface area contributed by atoms with E-state index in [0.717, 1.165) is 26.2 Å². The summed E-state index contributed by atoms with van der Waals surface area (Å²) in [5.74, 6) is 0.428. The number of fused-ring (bicyclic) bond motifs is 1. The van der Waals surface area contributed by atoms with E-state index in [1.165, 1.54) is 17.7 Å². The molecule has 0 fully saturated rings. The van der Waals surface area contributed by atoms with Crippen molar-refractivity contribution in [3.63, 3.8) is 0 Å². The highest BCUT2D eigenvalue weighted by Crippen LogP contribution is 2.35. The third-order valence-corrected chi connectivity index (χ3v) is 6.48. The summed E-state index contributed by atoms with van der Waals surface area (Å²) in [7, 11) is 0. The fourth-order valence-corrected chi connectivity index (χ4v) is 4.58. The predicted molar refractivity (Wildman–Crippen MR) is 129 cm³/mol. The van der Waals surface area contributed by atoms with Crippen molar-refractivity contribution in [2.45, 2.75) is 26.7 Å². The van der Waals surface area contributed by atoms with E-state index >= 15 is 0 Å². The first-order chi connectivity index (χ1) is 15.4. The molecule has 164 valence electrons. The molecule has 0 bridgehead atoms. The number of hydrogen-bond donors (Lipinski definition) is 1. The molecule has 0 aliphatic carbocycles. The Hall–Kier alpha value is -3.16. The molecule has 0 atom stereocenters. The molecule has 2 aromatic heterocycles. The van der Waals surface area contributed by atoms with Gasteiger partial charge in [-0.2, -0.15) is 0 Å². The number of rotatable bonds is 7. The molecule has 32 heavy (non-hydrogen) atoms. The molecular weight excluding hydrogens is 446 g/mol. The second kappa shape index (κ2) is 9.54. The Morgan fingerprint density at radius 2 is 1.97 bits per heavy atom. The summed E-state index contributed by atoms with van der Waals surface area (Å²) in [6.07, 6.45) is 2.08. The average Bonchev–Trinajstić information content (AvgIpc) is 3.13. The monoisotopic (exact) mass is 467 g/mol. The van der Waals surface area contributed by atoms with Gasteiger partial charge in [0.1, 0.15) is 16.9 Å². The van der Waals surface area contributed by atoms with Gasteiger partial charge >= 0.3 is 0 Å². The summed E-state index contributed by atoms with van der Waals surface area (Å²) in [4.78, 5) is 31.6. The number of nitrogens with zero attached hydrogens (tertiary/aromatic N) is 2. The van der Waals surface area contributed by atoms with Crippen LogP contribution < -0.4 is 15.7 Å². The summed E-state index contributed by atoms with van der Waals surface area (Å²) in [6, 6.07) is 15.2. The Kier molecular flexibility index (Phi) is 6.58. The van der Waals surface area contributed by atoms with Gasteiger partial charge < -0.3 is 4.74 Å². The molecule has 0 saturated carbocycles. The van der Waals surface area contributed by atoms with Crippen molar-refractivity contribution in [1.82, 2.24) is 9.66 Å². The van der Waals surface area contributed by atoms with E-state index in [0.29, 0.717) is 34.0 Å². The van der Waals surface area contributed by atoms with Gasteiger partial charge in [-0.05, 0) is 49.6 Å². The number of ether oxygens (including phenoxy) is 1. The first-order valence-electron chi connectivity index (χ1n) is 10.2. The normalized spacial score (nSPS) is 11.0. The number of halogens is 1. The van der Waals surface area contributed by atoms with Crippen molar-refractivity contribution >= 4 is 39.1 Å². The van der Waals surface area contributed by atoms with Crippen LogP contribution in [0.4, 0.5) is 0 Å². The lowest BCUT2D eigenvalue weighted by Crippen LogP contribution is -2.33. The lowest BCUT2D eigenvalue weighted by Gasteiger charge is -2.10. The highest BCUT2D eigenvalue weighted by molar-refractivity contribution is 7.19. The lowest BCUT2D eigenvalue weighted by atomic mass is 10.0. The molecule has 4 aromatic rings. The number of aromatic nitrogens is 2. The Labute approximate surface area is 194 Å². The maximum absolute atomic E-state index is 13.1. The quantitative estimate of drug-likeness (QED) is 0.373. The van der Waals surface area contributed by atoms with Crippen LogP contribution in [0.5, 0.6) is 5.75 Å². The number of amides is 1. The first-order valence-corrected chi connectivity index (χ1v) is 11.4. The number of carbonyl (C=O) groups is 1. The summed E-state index contributed by atoms with van der Waals surface area (Å²) in [5, 5.41) is 1.20. The van der Waals surface area contributed by atoms with Gasteiger partial charge in [-0.1, -0.05) is 41.9 Å². The standard InChI is InChI=1S/C24H22ClN3O3S/c1-15-13-18(10-11-19(15)25)31-12-6-9-20(29)27-28-14-26-23-22(24(28)30)21(16(2)32-23)17-7-4-3-5-8-17/h3-5,7-8,10-11,13-14H,6,9,12H2,1-2H3,(H,27,29). The van der Waals surface area contributed by atoms with Gasteiger partial charge in [0.05, 0.1) is 12.0 Å². The molecular formula is C24H22ClN3O3S. The van der Waals surface area contributed by atoms with Gasteiger partial charge in [-0.15, -0.1) is 11.3 Å². The zero-order valence-corrected chi connectivity index (χ0v) is 19.3. The average molecular weight is 468 g/mol. The molecule has 0 spiro atoms. The van der Waals surface area contributed by atoms with Crippen LogP contribution in [-0.2, 0) is 4.79 Å². The molecule has 2 aromatic carbocycles. The third-order valence-electron chi connectivity index (χ3n) is 5.04. The van der Waals surface area contributed by atoms with Gasteiger partial charge in [-0.3, -0.25) is 15.0 Å².